The van der Waals surface area contributed by atoms with Gasteiger partial charge in [0.15, 0.2) is 0 Å². The highest BCUT2D eigenvalue weighted by atomic mass is 35.5. The van der Waals surface area contributed by atoms with E-state index in [2.05, 4.69) is 4.98 Å². The molecule has 2 aromatic rings. The van der Waals surface area contributed by atoms with E-state index < -0.39 is 0 Å². The van der Waals surface area contributed by atoms with Crippen LogP contribution in [0.2, 0.25) is 5.02 Å². The van der Waals surface area contributed by atoms with E-state index in [-0.39, 0.29) is 0 Å². The second-order valence-corrected chi connectivity index (χ2v) is 4.52. The minimum Gasteiger partial charge on any atom is -0.457 e. The summed E-state index contributed by atoms with van der Waals surface area (Å²) in [4.78, 5) is 4.38. The molecule has 1 heterocycles. The van der Waals surface area contributed by atoms with Crippen molar-refractivity contribution in [3.63, 3.8) is 0 Å². The molecule has 0 radical (unpaired) electrons. The number of nitrogens with two attached hydrogens (primary N) is 1. The first-order valence-corrected chi connectivity index (χ1v) is 6.08. The summed E-state index contributed by atoms with van der Waals surface area (Å²) >= 11 is 5.84. The predicted octanol–water partition coefficient (Wildman–Crippen LogP) is 3.60. The molecule has 94 valence electrons. The Morgan fingerprint density at radius 2 is 1.89 bits per heavy atom. The molecule has 0 saturated carbocycles. The van der Waals surface area contributed by atoms with E-state index in [4.69, 9.17) is 22.1 Å². The summed E-state index contributed by atoms with van der Waals surface area (Å²) < 4.78 is 5.84. The van der Waals surface area contributed by atoms with Crippen LogP contribution in [-0.2, 0) is 6.54 Å². The molecular weight excluding hydrogens is 248 g/mol. The number of benzene rings is 1. The molecule has 0 aliphatic heterocycles. The number of aromatic nitrogens is 1. The lowest BCUT2D eigenvalue weighted by atomic mass is 10.1. The smallest absolute Gasteiger partial charge is 0.135 e. The number of nitrogens with zero attached hydrogens (tertiary/aromatic N) is 1. The summed E-state index contributed by atoms with van der Waals surface area (Å²) in [5.74, 6) is 1.49. The molecule has 1 aromatic heterocycles. The highest BCUT2D eigenvalue weighted by Gasteiger charge is 2.09. The molecule has 0 unspecified atom stereocenters. The lowest BCUT2D eigenvalue weighted by Gasteiger charge is -2.13. The molecule has 2 N–H and O–H groups in total. The lowest BCUT2D eigenvalue weighted by molar-refractivity contribution is 0.474. The Bertz CT molecular complexity index is 552. The molecule has 0 amide bonds. The third-order valence-corrected chi connectivity index (χ3v) is 2.92. The monoisotopic (exact) mass is 262 g/mol. The van der Waals surface area contributed by atoms with Gasteiger partial charge in [0.1, 0.15) is 11.5 Å². The number of pyridine rings is 1. The zero-order valence-electron chi connectivity index (χ0n) is 10.4. The molecule has 0 aliphatic rings. The van der Waals surface area contributed by atoms with Gasteiger partial charge in [-0.1, -0.05) is 11.6 Å². The molecule has 3 nitrogen and oxygen atoms in total. The van der Waals surface area contributed by atoms with Crippen molar-refractivity contribution in [2.75, 3.05) is 0 Å². The fourth-order valence-electron chi connectivity index (χ4n) is 1.79. The fraction of sp³-hybridized carbons (Fsp3) is 0.214. The molecule has 0 spiro atoms. The Balaban J connectivity index is 2.36. The van der Waals surface area contributed by atoms with Crippen LogP contribution in [0.25, 0.3) is 0 Å². The molecule has 4 heteroatoms. The minimum atomic E-state index is 0.405. The Morgan fingerprint density at radius 1 is 1.22 bits per heavy atom. The van der Waals surface area contributed by atoms with Gasteiger partial charge in [-0.2, -0.15) is 0 Å². The highest BCUT2D eigenvalue weighted by molar-refractivity contribution is 6.30. The first kappa shape index (κ1) is 12.9. The summed E-state index contributed by atoms with van der Waals surface area (Å²) in [5.41, 5.74) is 8.48. The van der Waals surface area contributed by atoms with Crippen molar-refractivity contribution in [2.24, 2.45) is 5.73 Å². The van der Waals surface area contributed by atoms with Gasteiger partial charge in [-0.15, -0.1) is 0 Å². The summed E-state index contributed by atoms with van der Waals surface area (Å²) in [6.07, 6.45) is 0. The van der Waals surface area contributed by atoms with Gasteiger partial charge in [0.2, 0.25) is 0 Å². The van der Waals surface area contributed by atoms with Crippen molar-refractivity contribution in [2.45, 2.75) is 20.4 Å². The van der Waals surface area contributed by atoms with Crippen LogP contribution in [0.4, 0.5) is 0 Å². The zero-order chi connectivity index (χ0) is 13.1. The van der Waals surface area contributed by atoms with Crippen LogP contribution in [0.1, 0.15) is 17.0 Å². The fourth-order valence-corrected chi connectivity index (χ4v) is 1.91. The summed E-state index contributed by atoms with van der Waals surface area (Å²) in [7, 11) is 0. The third kappa shape index (κ3) is 2.81. The van der Waals surface area contributed by atoms with Crippen molar-refractivity contribution in [3.05, 3.63) is 52.3 Å². The van der Waals surface area contributed by atoms with Crippen molar-refractivity contribution < 1.29 is 4.74 Å². The Kier molecular flexibility index (Phi) is 3.84. The van der Waals surface area contributed by atoms with Crippen LogP contribution >= 0.6 is 11.6 Å². The largest absolute Gasteiger partial charge is 0.457 e. The normalized spacial score (nSPS) is 10.4. The number of hydrogen-bond donors (Lipinski definition) is 1. The van der Waals surface area contributed by atoms with Gasteiger partial charge in [0.05, 0.1) is 0 Å². The van der Waals surface area contributed by atoms with E-state index in [0.29, 0.717) is 11.6 Å². The maximum atomic E-state index is 5.84. The highest BCUT2D eigenvalue weighted by Crippen LogP contribution is 2.28. The molecule has 0 bridgehead atoms. The van der Waals surface area contributed by atoms with Gasteiger partial charge in [0.25, 0.3) is 0 Å². The molecule has 0 aliphatic carbocycles. The van der Waals surface area contributed by atoms with Crippen LogP contribution in [0.5, 0.6) is 11.5 Å². The van der Waals surface area contributed by atoms with Gasteiger partial charge in [-0.3, -0.25) is 4.98 Å². The Hall–Kier alpha value is -1.58. The number of aryl methyl sites for hydroxylation is 2. The average Bonchev–Trinajstić information content (AvgIpc) is 2.32. The second-order valence-electron chi connectivity index (χ2n) is 4.09. The van der Waals surface area contributed by atoms with Crippen LogP contribution < -0.4 is 10.5 Å². The predicted molar refractivity (Wildman–Crippen MR) is 73.1 cm³/mol. The number of hydrogen-bond acceptors (Lipinski definition) is 3. The van der Waals surface area contributed by atoms with Gasteiger partial charge < -0.3 is 10.5 Å². The summed E-state index contributed by atoms with van der Waals surface area (Å²) in [6.45, 7) is 4.27. The molecule has 0 saturated heterocycles. The van der Waals surface area contributed by atoms with Gasteiger partial charge >= 0.3 is 0 Å². The second kappa shape index (κ2) is 5.38. The molecule has 1 aromatic carbocycles. The van der Waals surface area contributed by atoms with Crippen LogP contribution in [-0.4, -0.2) is 4.98 Å². The molecular formula is C14H15ClN2O. The topological polar surface area (TPSA) is 48.1 Å². The van der Waals surface area contributed by atoms with Crippen molar-refractivity contribution in [1.29, 1.82) is 0 Å². The molecule has 0 fully saturated rings. The molecule has 18 heavy (non-hydrogen) atoms. The van der Waals surface area contributed by atoms with Crippen molar-refractivity contribution >= 4 is 11.6 Å². The molecule has 0 atom stereocenters. The SMILES string of the molecule is Cc1cc(Oc2ccc(Cl)cc2)c(CN)c(C)n1. The van der Waals surface area contributed by atoms with E-state index in [1.807, 2.05) is 32.0 Å². The van der Waals surface area contributed by atoms with Crippen LogP contribution in [0.15, 0.2) is 30.3 Å². The number of ether oxygens (including phenoxy) is 1. The third-order valence-electron chi connectivity index (χ3n) is 2.66. The lowest BCUT2D eigenvalue weighted by Crippen LogP contribution is -2.04. The molecule has 2 rings (SSSR count). The van der Waals surface area contributed by atoms with E-state index in [9.17, 15) is 0 Å². The maximum Gasteiger partial charge on any atom is 0.135 e. The van der Waals surface area contributed by atoms with Crippen molar-refractivity contribution in [1.82, 2.24) is 4.98 Å². The number of halogens is 1. The quantitative estimate of drug-likeness (QED) is 0.919. The summed E-state index contributed by atoms with van der Waals surface area (Å²) in [6, 6.07) is 9.13. The van der Waals surface area contributed by atoms with Gasteiger partial charge in [-0.25, -0.2) is 0 Å². The first-order valence-electron chi connectivity index (χ1n) is 5.70. The van der Waals surface area contributed by atoms with E-state index in [0.717, 1.165) is 28.5 Å². The van der Waals surface area contributed by atoms with Crippen molar-refractivity contribution in [3.8, 4) is 11.5 Å². The number of rotatable bonds is 3. The van der Waals surface area contributed by atoms with Gasteiger partial charge in [0, 0.05) is 34.6 Å². The van der Waals surface area contributed by atoms with Gasteiger partial charge in [-0.05, 0) is 38.1 Å². The van der Waals surface area contributed by atoms with E-state index in [1.165, 1.54) is 0 Å². The van der Waals surface area contributed by atoms with E-state index >= 15 is 0 Å². The summed E-state index contributed by atoms with van der Waals surface area (Å²) in [5, 5.41) is 0.684. The maximum absolute atomic E-state index is 5.84. The van der Waals surface area contributed by atoms with Crippen LogP contribution in [0, 0.1) is 13.8 Å². The van der Waals surface area contributed by atoms with E-state index in [1.54, 1.807) is 12.1 Å². The standard InChI is InChI=1S/C14H15ClN2O/c1-9-7-14(13(8-16)10(2)17-9)18-12-5-3-11(15)4-6-12/h3-7H,8,16H2,1-2H3. The Labute approximate surface area is 112 Å². The first-order chi connectivity index (χ1) is 8.60. The zero-order valence-corrected chi connectivity index (χ0v) is 11.2. The average molecular weight is 263 g/mol. The minimum absolute atomic E-state index is 0.405. The Morgan fingerprint density at radius 3 is 2.50 bits per heavy atom. The van der Waals surface area contributed by atoms with Crippen LogP contribution in [0.3, 0.4) is 0 Å².